The number of anilines is 1. The number of nitrogens with one attached hydrogen (secondary N) is 2. The molecule has 8 heteroatoms. The summed E-state index contributed by atoms with van der Waals surface area (Å²) in [6.45, 7) is 5.41. The van der Waals surface area contributed by atoms with Gasteiger partial charge in [0.1, 0.15) is 0 Å². The molecule has 2 N–H and O–H groups in total. The second kappa shape index (κ2) is 8.97. The van der Waals surface area contributed by atoms with Crippen LogP contribution in [0.1, 0.15) is 37.8 Å². The van der Waals surface area contributed by atoms with E-state index in [0.717, 1.165) is 24.0 Å². The number of hydrogen-bond acceptors (Lipinski definition) is 4. The van der Waals surface area contributed by atoms with E-state index in [9.17, 15) is 18.0 Å². The van der Waals surface area contributed by atoms with Crippen LogP contribution in [-0.2, 0) is 26.2 Å². The van der Waals surface area contributed by atoms with Crippen LogP contribution in [-0.4, -0.2) is 37.2 Å². The molecule has 2 aromatic rings. The van der Waals surface area contributed by atoms with Gasteiger partial charge in [-0.1, -0.05) is 29.8 Å². The Bertz CT molecular complexity index is 1010. The van der Waals surface area contributed by atoms with Crippen LogP contribution >= 0.6 is 0 Å². The highest BCUT2D eigenvalue weighted by molar-refractivity contribution is 7.89. The van der Waals surface area contributed by atoms with E-state index in [4.69, 9.17) is 0 Å². The summed E-state index contributed by atoms with van der Waals surface area (Å²) in [7, 11) is -3.88. The van der Waals surface area contributed by atoms with Gasteiger partial charge in [0.15, 0.2) is 0 Å². The lowest BCUT2D eigenvalue weighted by molar-refractivity contribution is -0.133. The second-order valence-corrected chi connectivity index (χ2v) is 9.45. The van der Waals surface area contributed by atoms with Crippen molar-refractivity contribution in [1.82, 2.24) is 9.62 Å². The van der Waals surface area contributed by atoms with Gasteiger partial charge in [-0.05, 0) is 56.5 Å². The SMILES string of the molecule is CC(=O)Nc1ccc(S(=O)(=O)N[C@@H](C)C(=O)N(Cc2ccc(C)cc2)C2CC2)cc1. The van der Waals surface area contributed by atoms with Gasteiger partial charge < -0.3 is 10.2 Å². The minimum absolute atomic E-state index is 0.0350. The van der Waals surface area contributed by atoms with Crippen LogP contribution in [0, 0.1) is 6.92 Å². The van der Waals surface area contributed by atoms with Crippen molar-refractivity contribution in [3.8, 4) is 0 Å². The summed E-state index contributed by atoms with van der Waals surface area (Å²) in [5, 5.41) is 2.59. The van der Waals surface area contributed by atoms with Gasteiger partial charge >= 0.3 is 0 Å². The summed E-state index contributed by atoms with van der Waals surface area (Å²) in [5.41, 5.74) is 2.67. The van der Waals surface area contributed by atoms with Gasteiger partial charge in [0, 0.05) is 25.2 Å². The molecule has 0 aliphatic heterocycles. The number of benzene rings is 2. The Hall–Kier alpha value is -2.71. The molecule has 0 aromatic heterocycles. The normalized spacial score (nSPS) is 14.8. The highest BCUT2D eigenvalue weighted by Gasteiger charge is 2.35. The van der Waals surface area contributed by atoms with Gasteiger partial charge in [-0.15, -0.1) is 0 Å². The third-order valence-electron chi connectivity index (χ3n) is 4.93. The average molecular weight is 430 g/mol. The molecule has 160 valence electrons. The van der Waals surface area contributed by atoms with Gasteiger partial charge in [0.2, 0.25) is 21.8 Å². The van der Waals surface area contributed by atoms with Crippen LogP contribution in [0.15, 0.2) is 53.4 Å². The van der Waals surface area contributed by atoms with Crippen molar-refractivity contribution in [1.29, 1.82) is 0 Å². The van der Waals surface area contributed by atoms with Crippen molar-refractivity contribution >= 4 is 27.5 Å². The van der Waals surface area contributed by atoms with Gasteiger partial charge in [-0.3, -0.25) is 9.59 Å². The molecule has 0 radical (unpaired) electrons. The molecule has 0 bridgehead atoms. The molecule has 2 aromatic carbocycles. The number of sulfonamides is 1. The molecular formula is C22H27N3O4S. The number of amides is 2. The maximum atomic E-state index is 13.0. The van der Waals surface area contributed by atoms with E-state index >= 15 is 0 Å². The van der Waals surface area contributed by atoms with Crippen LogP contribution in [0.2, 0.25) is 0 Å². The Balaban J connectivity index is 1.69. The Morgan fingerprint density at radius 1 is 1.07 bits per heavy atom. The fourth-order valence-electron chi connectivity index (χ4n) is 3.18. The fourth-order valence-corrected chi connectivity index (χ4v) is 4.38. The highest BCUT2D eigenvalue weighted by atomic mass is 32.2. The molecule has 0 spiro atoms. The van der Waals surface area contributed by atoms with Gasteiger partial charge in [-0.25, -0.2) is 8.42 Å². The first-order valence-electron chi connectivity index (χ1n) is 9.92. The Kier molecular flexibility index (Phi) is 6.58. The van der Waals surface area contributed by atoms with Gasteiger partial charge in [-0.2, -0.15) is 4.72 Å². The van der Waals surface area contributed by atoms with Crippen molar-refractivity contribution in [2.45, 2.75) is 57.1 Å². The predicted octanol–water partition coefficient (Wildman–Crippen LogP) is 2.81. The first kappa shape index (κ1) is 22.0. The minimum atomic E-state index is -3.88. The van der Waals surface area contributed by atoms with E-state index in [1.807, 2.05) is 31.2 Å². The van der Waals surface area contributed by atoms with E-state index in [1.54, 1.807) is 11.8 Å². The van der Waals surface area contributed by atoms with Gasteiger partial charge in [0.25, 0.3) is 0 Å². The molecule has 1 aliphatic carbocycles. The summed E-state index contributed by atoms with van der Waals surface area (Å²) >= 11 is 0. The van der Waals surface area contributed by atoms with E-state index in [0.29, 0.717) is 12.2 Å². The molecule has 3 rings (SSSR count). The van der Waals surface area contributed by atoms with Crippen molar-refractivity contribution in [3.63, 3.8) is 0 Å². The number of hydrogen-bond donors (Lipinski definition) is 2. The average Bonchev–Trinajstić information content (AvgIpc) is 3.51. The summed E-state index contributed by atoms with van der Waals surface area (Å²) < 4.78 is 27.9. The third kappa shape index (κ3) is 5.67. The summed E-state index contributed by atoms with van der Waals surface area (Å²) in [6.07, 6.45) is 1.86. The standard InChI is InChI=1S/C22H27N3O4S/c1-15-4-6-18(7-5-15)14-25(20-10-11-20)22(27)16(2)24-30(28,29)21-12-8-19(9-13-21)23-17(3)26/h4-9,12-13,16,20,24H,10-11,14H2,1-3H3,(H,23,26)/t16-/m0/s1. The van der Waals surface area contributed by atoms with E-state index < -0.39 is 16.1 Å². The largest absolute Gasteiger partial charge is 0.334 e. The van der Waals surface area contributed by atoms with Gasteiger partial charge in [0.05, 0.1) is 10.9 Å². The number of rotatable bonds is 8. The topological polar surface area (TPSA) is 95.6 Å². The monoisotopic (exact) mass is 429 g/mol. The van der Waals surface area contributed by atoms with Crippen LogP contribution < -0.4 is 10.0 Å². The lowest BCUT2D eigenvalue weighted by Gasteiger charge is -2.26. The van der Waals surface area contributed by atoms with E-state index in [2.05, 4.69) is 10.0 Å². The Labute approximate surface area is 177 Å². The fraction of sp³-hybridized carbons (Fsp3) is 0.364. The molecule has 7 nitrogen and oxygen atoms in total. The minimum Gasteiger partial charge on any atom is -0.334 e. The molecule has 0 unspecified atom stereocenters. The third-order valence-corrected chi connectivity index (χ3v) is 6.49. The molecule has 30 heavy (non-hydrogen) atoms. The summed E-state index contributed by atoms with van der Waals surface area (Å²) in [5.74, 6) is -0.479. The maximum Gasteiger partial charge on any atom is 0.241 e. The zero-order valence-electron chi connectivity index (χ0n) is 17.4. The number of nitrogens with zero attached hydrogens (tertiary/aromatic N) is 1. The smallest absolute Gasteiger partial charge is 0.241 e. The van der Waals surface area contributed by atoms with Crippen molar-refractivity contribution in [2.24, 2.45) is 0 Å². The molecule has 1 aliphatic rings. The number of carbonyl (C=O) groups excluding carboxylic acids is 2. The maximum absolute atomic E-state index is 13.0. The molecule has 2 amide bonds. The lowest BCUT2D eigenvalue weighted by atomic mass is 10.1. The van der Waals surface area contributed by atoms with Crippen molar-refractivity contribution in [2.75, 3.05) is 5.32 Å². The van der Waals surface area contributed by atoms with Crippen LogP contribution in [0.4, 0.5) is 5.69 Å². The number of carbonyl (C=O) groups is 2. The highest BCUT2D eigenvalue weighted by Crippen LogP contribution is 2.29. The Morgan fingerprint density at radius 3 is 2.20 bits per heavy atom. The molecule has 0 saturated heterocycles. The molecule has 0 heterocycles. The first-order valence-corrected chi connectivity index (χ1v) is 11.4. The predicted molar refractivity (Wildman–Crippen MR) is 115 cm³/mol. The molecule has 1 atom stereocenters. The summed E-state index contributed by atoms with van der Waals surface area (Å²) in [4.78, 5) is 25.9. The lowest BCUT2D eigenvalue weighted by Crippen LogP contribution is -2.47. The van der Waals surface area contributed by atoms with E-state index in [-0.39, 0.29) is 22.8 Å². The zero-order chi connectivity index (χ0) is 21.9. The molecule has 1 saturated carbocycles. The van der Waals surface area contributed by atoms with Crippen molar-refractivity contribution < 1.29 is 18.0 Å². The van der Waals surface area contributed by atoms with Crippen LogP contribution in [0.3, 0.4) is 0 Å². The van der Waals surface area contributed by atoms with Crippen LogP contribution in [0.25, 0.3) is 0 Å². The van der Waals surface area contributed by atoms with Crippen molar-refractivity contribution in [3.05, 3.63) is 59.7 Å². The Morgan fingerprint density at radius 2 is 1.67 bits per heavy atom. The molecule has 1 fully saturated rings. The van der Waals surface area contributed by atoms with Crippen LogP contribution in [0.5, 0.6) is 0 Å². The summed E-state index contributed by atoms with van der Waals surface area (Å²) in [6, 6.07) is 13.1. The first-order chi connectivity index (χ1) is 14.2. The molecular weight excluding hydrogens is 402 g/mol. The zero-order valence-corrected chi connectivity index (χ0v) is 18.2. The quantitative estimate of drug-likeness (QED) is 0.675. The second-order valence-electron chi connectivity index (χ2n) is 7.73. The number of aryl methyl sites for hydroxylation is 1. The van der Waals surface area contributed by atoms with E-state index in [1.165, 1.54) is 31.2 Å².